The molecule has 0 aromatic heterocycles. The first kappa shape index (κ1) is 17.2. The van der Waals surface area contributed by atoms with Crippen LogP contribution in [0, 0.1) is 6.92 Å². The number of rotatable bonds is 5. The molecule has 1 amide bonds. The molecule has 0 aliphatic carbocycles. The fourth-order valence-corrected chi connectivity index (χ4v) is 3.19. The first-order valence-electron chi connectivity index (χ1n) is 7.48. The molecule has 2 aromatic rings. The minimum Gasteiger partial charge on any atom is -0.337 e. The van der Waals surface area contributed by atoms with Gasteiger partial charge in [-0.1, -0.05) is 31.2 Å². The predicted molar refractivity (Wildman–Crippen MR) is 91.1 cm³/mol. The number of nitrogens with zero attached hydrogens (tertiary/aromatic N) is 1. The molecule has 23 heavy (non-hydrogen) atoms. The normalized spacial score (nSPS) is 11.3. The van der Waals surface area contributed by atoms with Gasteiger partial charge < -0.3 is 4.90 Å². The Labute approximate surface area is 137 Å². The van der Waals surface area contributed by atoms with E-state index in [9.17, 15) is 13.2 Å². The molecule has 0 aliphatic heterocycles. The fraction of sp³-hybridized carbons (Fsp3) is 0.278. The number of hydrogen-bond acceptors (Lipinski definition) is 3. The van der Waals surface area contributed by atoms with Crippen molar-refractivity contribution in [1.29, 1.82) is 0 Å². The number of carbonyl (C=O) groups excluding carboxylic acids is 1. The number of sulfone groups is 1. The number of aryl methyl sites for hydroxylation is 1. The summed E-state index contributed by atoms with van der Waals surface area (Å²) < 4.78 is 23.6. The van der Waals surface area contributed by atoms with Gasteiger partial charge in [0.05, 0.1) is 10.6 Å². The lowest BCUT2D eigenvalue weighted by atomic mass is 10.1. The van der Waals surface area contributed by atoms with E-state index in [-0.39, 0.29) is 16.6 Å². The summed E-state index contributed by atoms with van der Waals surface area (Å²) in [5.74, 6) is -0.0817. The van der Waals surface area contributed by atoms with E-state index in [0.29, 0.717) is 12.1 Å². The van der Waals surface area contributed by atoms with Crippen LogP contribution in [0.3, 0.4) is 0 Å². The Bertz CT molecular complexity index is 795. The van der Waals surface area contributed by atoms with E-state index in [1.807, 2.05) is 31.2 Å². The van der Waals surface area contributed by atoms with E-state index in [0.717, 1.165) is 11.1 Å². The smallest absolute Gasteiger partial charge is 0.253 e. The lowest BCUT2D eigenvalue weighted by Gasteiger charge is -2.18. The predicted octanol–water partition coefficient (Wildman–Crippen LogP) is 3.06. The summed E-state index contributed by atoms with van der Waals surface area (Å²) in [7, 11) is -1.50. The van der Waals surface area contributed by atoms with Gasteiger partial charge in [0.1, 0.15) is 0 Å². The highest BCUT2D eigenvalue weighted by Gasteiger charge is 2.15. The van der Waals surface area contributed by atoms with Gasteiger partial charge in [-0.25, -0.2) is 8.42 Å². The zero-order valence-electron chi connectivity index (χ0n) is 13.6. The molecule has 122 valence electrons. The van der Waals surface area contributed by atoms with Crippen LogP contribution in [-0.2, 0) is 16.4 Å². The van der Waals surface area contributed by atoms with Gasteiger partial charge in [0.15, 0.2) is 9.84 Å². The minimum absolute atomic E-state index is 0.0491. The molecule has 4 nitrogen and oxygen atoms in total. The van der Waals surface area contributed by atoms with Gasteiger partial charge in [-0.15, -0.1) is 0 Å². The molecule has 0 radical (unpaired) electrons. The molecular weight excluding hydrogens is 310 g/mol. The number of amides is 1. The monoisotopic (exact) mass is 331 g/mol. The third-order valence-corrected chi connectivity index (χ3v) is 5.61. The van der Waals surface area contributed by atoms with Crippen molar-refractivity contribution in [3.05, 3.63) is 65.2 Å². The van der Waals surface area contributed by atoms with Gasteiger partial charge in [-0.3, -0.25) is 4.79 Å². The molecule has 0 saturated carbocycles. The Morgan fingerprint density at radius 3 is 2.22 bits per heavy atom. The van der Waals surface area contributed by atoms with E-state index < -0.39 is 9.84 Å². The van der Waals surface area contributed by atoms with E-state index >= 15 is 0 Å². The topological polar surface area (TPSA) is 54.5 Å². The highest BCUT2D eigenvalue weighted by molar-refractivity contribution is 7.91. The Kier molecular flexibility index (Phi) is 5.21. The van der Waals surface area contributed by atoms with Gasteiger partial charge in [-0.2, -0.15) is 0 Å². The van der Waals surface area contributed by atoms with Crippen molar-refractivity contribution < 1.29 is 13.2 Å². The van der Waals surface area contributed by atoms with Crippen LogP contribution in [0.5, 0.6) is 0 Å². The Morgan fingerprint density at radius 1 is 1.04 bits per heavy atom. The van der Waals surface area contributed by atoms with Gasteiger partial charge in [-0.05, 0) is 42.3 Å². The summed E-state index contributed by atoms with van der Waals surface area (Å²) >= 11 is 0. The Hall–Kier alpha value is -2.14. The lowest BCUT2D eigenvalue weighted by molar-refractivity contribution is 0.0785. The molecule has 5 heteroatoms. The summed E-state index contributed by atoms with van der Waals surface area (Å²) in [6.45, 7) is 4.13. The molecule has 0 heterocycles. The molecule has 0 N–H and O–H groups in total. The van der Waals surface area contributed by atoms with E-state index in [4.69, 9.17) is 0 Å². The molecule has 2 aromatic carbocycles. The third-order valence-electron chi connectivity index (χ3n) is 3.86. The average Bonchev–Trinajstić information content (AvgIpc) is 2.56. The van der Waals surface area contributed by atoms with Crippen molar-refractivity contribution in [3.8, 4) is 0 Å². The van der Waals surface area contributed by atoms with E-state index in [1.54, 1.807) is 31.0 Å². The van der Waals surface area contributed by atoms with Crippen molar-refractivity contribution >= 4 is 15.7 Å². The minimum atomic E-state index is -3.24. The molecule has 0 spiro atoms. The second kappa shape index (κ2) is 6.96. The first-order valence-corrected chi connectivity index (χ1v) is 9.13. The Balaban J connectivity index is 2.15. The summed E-state index contributed by atoms with van der Waals surface area (Å²) in [5.41, 5.74) is 2.71. The number of benzene rings is 2. The van der Waals surface area contributed by atoms with E-state index in [2.05, 4.69) is 0 Å². The van der Waals surface area contributed by atoms with Crippen molar-refractivity contribution in [3.63, 3.8) is 0 Å². The van der Waals surface area contributed by atoms with Crippen molar-refractivity contribution in [1.82, 2.24) is 4.90 Å². The standard InChI is InChI=1S/C18H21NO3S/c1-4-23(21,22)17-11-9-15(10-12-17)18(20)19(3)13-16-8-6-5-7-14(16)2/h5-12H,4,13H2,1-3H3. The zero-order valence-corrected chi connectivity index (χ0v) is 14.4. The van der Waals surface area contributed by atoms with Crippen molar-refractivity contribution in [2.24, 2.45) is 0 Å². The molecule has 0 bridgehead atoms. The van der Waals surface area contributed by atoms with Crippen LogP contribution in [0.1, 0.15) is 28.4 Å². The van der Waals surface area contributed by atoms with Crippen LogP contribution in [-0.4, -0.2) is 32.0 Å². The quantitative estimate of drug-likeness (QED) is 0.846. The van der Waals surface area contributed by atoms with Crippen molar-refractivity contribution in [2.75, 3.05) is 12.8 Å². The first-order chi connectivity index (χ1) is 10.8. The summed E-state index contributed by atoms with van der Waals surface area (Å²) in [5, 5.41) is 0. The SMILES string of the molecule is CCS(=O)(=O)c1ccc(C(=O)N(C)Cc2ccccc2C)cc1. The van der Waals surface area contributed by atoms with Crippen LogP contribution in [0.25, 0.3) is 0 Å². The lowest BCUT2D eigenvalue weighted by Crippen LogP contribution is -2.26. The van der Waals surface area contributed by atoms with Gasteiger partial charge >= 0.3 is 0 Å². The van der Waals surface area contributed by atoms with E-state index in [1.165, 1.54) is 12.1 Å². The molecule has 0 unspecified atom stereocenters. The van der Waals surface area contributed by atoms with Gasteiger partial charge in [0.2, 0.25) is 0 Å². The molecule has 0 aliphatic rings. The van der Waals surface area contributed by atoms with Crippen LogP contribution in [0.2, 0.25) is 0 Å². The maximum absolute atomic E-state index is 12.5. The second-order valence-electron chi connectivity index (χ2n) is 5.52. The second-order valence-corrected chi connectivity index (χ2v) is 7.79. The third kappa shape index (κ3) is 3.99. The molecule has 0 saturated heterocycles. The maximum atomic E-state index is 12.5. The number of hydrogen-bond donors (Lipinski definition) is 0. The van der Waals surface area contributed by atoms with Crippen LogP contribution in [0.15, 0.2) is 53.4 Å². The molecule has 0 fully saturated rings. The average molecular weight is 331 g/mol. The zero-order chi connectivity index (χ0) is 17.0. The van der Waals surface area contributed by atoms with Gasteiger partial charge in [0, 0.05) is 19.2 Å². The number of carbonyl (C=O) groups is 1. The van der Waals surface area contributed by atoms with Crippen molar-refractivity contribution in [2.45, 2.75) is 25.3 Å². The molecule has 0 atom stereocenters. The Morgan fingerprint density at radius 2 is 1.65 bits per heavy atom. The summed E-state index contributed by atoms with van der Waals surface area (Å²) in [4.78, 5) is 14.3. The molecule has 2 rings (SSSR count). The molecular formula is C18H21NO3S. The van der Waals surface area contributed by atoms with Crippen LogP contribution >= 0.6 is 0 Å². The summed E-state index contributed by atoms with van der Waals surface area (Å²) in [6, 6.07) is 14.0. The fourth-order valence-electron chi connectivity index (χ4n) is 2.31. The highest BCUT2D eigenvalue weighted by atomic mass is 32.2. The van der Waals surface area contributed by atoms with Gasteiger partial charge in [0.25, 0.3) is 5.91 Å². The largest absolute Gasteiger partial charge is 0.337 e. The maximum Gasteiger partial charge on any atom is 0.253 e. The summed E-state index contributed by atoms with van der Waals surface area (Å²) in [6.07, 6.45) is 0. The van der Waals surface area contributed by atoms with Crippen LogP contribution < -0.4 is 0 Å². The highest BCUT2D eigenvalue weighted by Crippen LogP contribution is 2.15. The van der Waals surface area contributed by atoms with Crippen LogP contribution in [0.4, 0.5) is 0 Å².